The Morgan fingerprint density at radius 2 is 2.00 bits per heavy atom. The number of aromatic nitrogens is 1. The zero-order valence-corrected chi connectivity index (χ0v) is 13.7. The minimum atomic E-state index is -0.965. The van der Waals surface area contributed by atoms with Gasteiger partial charge in [-0.25, -0.2) is 4.79 Å². The van der Waals surface area contributed by atoms with Gasteiger partial charge in [0.25, 0.3) is 0 Å². The fourth-order valence-electron chi connectivity index (χ4n) is 3.96. The highest BCUT2D eigenvalue weighted by molar-refractivity contribution is 6.07. The minimum Gasteiger partial charge on any atom is -0.508 e. The zero-order chi connectivity index (χ0) is 17.9. The van der Waals surface area contributed by atoms with Crippen LogP contribution in [0.4, 0.5) is 0 Å². The molecule has 0 bridgehead atoms. The fourth-order valence-corrected chi connectivity index (χ4v) is 3.96. The van der Waals surface area contributed by atoms with Gasteiger partial charge in [0.1, 0.15) is 18.3 Å². The van der Waals surface area contributed by atoms with Crippen LogP contribution in [0.5, 0.6) is 5.75 Å². The van der Waals surface area contributed by atoms with Crippen LogP contribution in [0.25, 0.3) is 10.9 Å². The number of carbonyl (C=O) groups is 3. The lowest BCUT2D eigenvalue weighted by Gasteiger charge is -2.24. The summed E-state index contributed by atoms with van der Waals surface area (Å²) >= 11 is 0. The van der Waals surface area contributed by atoms with E-state index in [9.17, 15) is 24.6 Å². The molecule has 0 spiro atoms. The van der Waals surface area contributed by atoms with Crippen LogP contribution in [0.1, 0.15) is 30.1 Å². The van der Waals surface area contributed by atoms with Gasteiger partial charge >= 0.3 is 5.97 Å². The molecule has 1 aliphatic carbocycles. The van der Waals surface area contributed by atoms with Gasteiger partial charge < -0.3 is 19.7 Å². The number of carbonyl (C=O) groups excluding carboxylic acids is 2. The molecular formula is C18H18N2O5. The molecule has 2 heterocycles. The number of nitrogens with zero attached hydrogens (tertiary/aromatic N) is 2. The molecule has 2 aliphatic rings. The van der Waals surface area contributed by atoms with Crippen LogP contribution in [0.3, 0.4) is 0 Å². The number of fused-ring (bicyclic) bond motifs is 2. The van der Waals surface area contributed by atoms with Crippen molar-refractivity contribution in [2.45, 2.75) is 38.4 Å². The van der Waals surface area contributed by atoms with Crippen molar-refractivity contribution in [3.63, 3.8) is 0 Å². The van der Waals surface area contributed by atoms with Crippen LogP contribution in [0, 0.1) is 5.92 Å². The third-order valence-corrected chi connectivity index (χ3v) is 5.23. The number of hydrogen-bond acceptors (Lipinski definition) is 4. The Kier molecular flexibility index (Phi) is 3.35. The summed E-state index contributed by atoms with van der Waals surface area (Å²) in [7, 11) is 0. The maximum Gasteiger partial charge on any atom is 0.326 e. The normalized spacial score (nSPS) is 24.4. The van der Waals surface area contributed by atoms with E-state index in [2.05, 4.69) is 0 Å². The molecule has 1 aliphatic heterocycles. The molecule has 1 saturated heterocycles. The Bertz CT molecular complexity index is 916. The molecule has 2 aromatic rings. The van der Waals surface area contributed by atoms with E-state index in [-0.39, 0.29) is 30.0 Å². The number of rotatable bonds is 4. The lowest BCUT2D eigenvalue weighted by Crippen LogP contribution is -2.44. The summed E-state index contributed by atoms with van der Waals surface area (Å²) in [6.45, 7) is 1.41. The van der Waals surface area contributed by atoms with Crippen LogP contribution in [0.15, 0.2) is 24.4 Å². The lowest BCUT2D eigenvalue weighted by atomic mass is 10.1. The zero-order valence-electron chi connectivity index (χ0n) is 13.7. The highest BCUT2D eigenvalue weighted by Crippen LogP contribution is 2.48. The molecule has 7 nitrogen and oxygen atoms in total. The molecule has 130 valence electrons. The number of phenols is 1. The number of carboxylic acid groups (broad SMARTS) is 1. The van der Waals surface area contributed by atoms with E-state index in [1.165, 1.54) is 24.0 Å². The molecular weight excluding hydrogens is 324 g/mol. The van der Waals surface area contributed by atoms with Gasteiger partial charge in [0.05, 0.1) is 0 Å². The topological polar surface area (TPSA) is 99.8 Å². The number of amides is 1. The summed E-state index contributed by atoms with van der Waals surface area (Å²) in [6.07, 6.45) is 2.99. The standard InChI is InChI=1S/C18H18N2O5/c1-9(21)13-7-19(14-3-2-11(22)6-12(13)14)8-17(23)20-15-4-10(15)5-16(20)18(24)25/h2-3,6-7,10,15-16,22H,4-5,8H2,1H3,(H,24,25)/t10-,15-,16+/m1/s1. The van der Waals surface area contributed by atoms with E-state index < -0.39 is 12.0 Å². The van der Waals surface area contributed by atoms with Gasteiger partial charge in [-0.1, -0.05) is 0 Å². The first kappa shape index (κ1) is 15.7. The number of carboxylic acids is 1. The highest BCUT2D eigenvalue weighted by atomic mass is 16.4. The summed E-state index contributed by atoms with van der Waals surface area (Å²) in [6, 6.07) is 3.93. The van der Waals surface area contributed by atoms with Crippen molar-refractivity contribution in [1.82, 2.24) is 9.47 Å². The number of phenolic OH excluding ortho intramolecular Hbond substituents is 1. The monoisotopic (exact) mass is 342 g/mol. The van der Waals surface area contributed by atoms with Gasteiger partial charge in [-0.05, 0) is 43.9 Å². The van der Waals surface area contributed by atoms with Crippen molar-refractivity contribution in [2.75, 3.05) is 0 Å². The smallest absolute Gasteiger partial charge is 0.326 e. The molecule has 2 fully saturated rings. The van der Waals surface area contributed by atoms with Gasteiger partial charge in [-0.2, -0.15) is 0 Å². The van der Waals surface area contributed by atoms with E-state index in [1.807, 2.05) is 0 Å². The molecule has 25 heavy (non-hydrogen) atoms. The first-order chi connectivity index (χ1) is 11.9. The Morgan fingerprint density at radius 1 is 1.24 bits per heavy atom. The van der Waals surface area contributed by atoms with E-state index in [0.29, 0.717) is 28.8 Å². The van der Waals surface area contributed by atoms with Gasteiger partial charge in [0.15, 0.2) is 5.78 Å². The third kappa shape index (κ3) is 2.47. The second kappa shape index (κ2) is 5.34. The van der Waals surface area contributed by atoms with Gasteiger partial charge in [0.2, 0.25) is 5.91 Å². The SMILES string of the molecule is CC(=O)c1cn(CC(=O)N2[C@@H]3C[C@@H]3C[C@H]2C(=O)O)c2ccc(O)cc12. The van der Waals surface area contributed by atoms with Crippen LogP contribution in [0.2, 0.25) is 0 Å². The number of Topliss-reactive ketones (excluding diaryl/α,β-unsaturated/α-hetero) is 1. The van der Waals surface area contributed by atoms with E-state index in [0.717, 1.165) is 6.42 Å². The molecule has 0 unspecified atom stereocenters. The van der Waals surface area contributed by atoms with Crippen molar-refractivity contribution < 1.29 is 24.6 Å². The summed E-state index contributed by atoms with van der Waals surface area (Å²) in [5.74, 6) is -1.03. The lowest BCUT2D eigenvalue weighted by molar-refractivity contribution is -0.149. The largest absolute Gasteiger partial charge is 0.508 e. The second-order valence-corrected chi connectivity index (χ2v) is 6.88. The van der Waals surface area contributed by atoms with Crippen LogP contribution < -0.4 is 0 Å². The Labute approximate surface area is 143 Å². The predicted molar refractivity (Wildman–Crippen MR) is 88.4 cm³/mol. The molecule has 0 radical (unpaired) electrons. The molecule has 2 N–H and O–H groups in total. The van der Waals surface area contributed by atoms with E-state index in [4.69, 9.17) is 0 Å². The van der Waals surface area contributed by atoms with Crippen molar-refractivity contribution in [3.05, 3.63) is 30.0 Å². The average Bonchev–Trinajstić information content (AvgIpc) is 3.05. The van der Waals surface area contributed by atoms with Gasteiger partial charge in [-0.15, -0.1) is 0 Å². The quantitative estimate of drug-likeness (QED) is 0.823. The number of ketones is 1. The number of hydrogen-bond donors (Lipinski definition) is 2. The van der Waals surface area contributed by atoms with Crippen LogP contribution in [-0.4, -0.2) is 49.4 Å². The Morgan fingerprint density at radius 3 is 2.68 bits per heavy atom. The molecule has 1 aromatic carbocycles. The maximum atomic E-state index is 12.8. The van der Waals surface area contributed by atoms with E-state index in [1.54, 1.807) is 16.8 Å². The molecule has 7 heteroatoms. The number of aliphatic carboxylic acids is 1. The number of aromatic hydroxyl groups is 1. The number of likely N-dealkylation sites (tertiary alicyclic amines) is 1. The minimum absolute atomic E-state index is 0.0262. The first-order valence-electron chi connectivity index (χ1n) is 8.23. The van der Waals surface area contributed by atoms with Gasteiger partial charge in [-0.3, -0.25) is 9.59 Å². The molecule has 4 rings (SSSR count). The summed E-state index contributed by atoms with van der Waals surface area (Å²) in [4.78, 5) is 37.5. The first-order valence-corrected chi connectivity index (χ1v) is 8.23. The Hall–Kier alpha value is -2.83. The molecule has 3 atom stereocenters. The van der Waals surface area contributed by atoms with Crippen molar-refractivity contribution in [2.24, 2.45) is 5.92 Å². The molecule has 1 saturated carbocycles. The molecule has 1 aromatic heterocycles. The summed E-state index contributed by atoms with van der Waals surface area (Å²) < 4.78 is 1.66. The molecule has 1 amide bonds. The number of piperidine rings is 1. The number of benzene rings is 1. The van der Waals surface area contributed by atoms with Crippen LogP contribution >= 0.6 is 0 Å². The maximum absolute atomic E-state index is 12.8. The Balaban J connectivity index is 1.68. The highest BCUT2D eigenvalue weighted by Gasteiger charge is 2.56. The third-order valence-electron chi connectivity index (χ3n) is 5.23. The van der Waals surface area contributed by atoms with Gasteiger partial charge in [0, 0.05) is 28.7 Å². The van der Waals surface area contributed by atoms with Crippen molar-refractivity contribution in [1.29, 1.82) is 0 Å². The van der Waals surface area contributed by atoms with Crippen LogP contribution in [-0.2, 0) is 16.1 Å². The second-order valence-electron chi connectivity index (χ2n) is 6.88. The predicted octanol–water partition coefficient (Wildman–Crippen LogP) is 1.62. The van der Waals surface area contributed by atoms with E-state index >= 15 is 0 Å². The van der Waals surface area contributed by atoms with Crippen molar-refractivity contribution >= 4 is 28.6 Å². The van der Waals surface area contributed by atoms with Crippen molar-refractivity contribution in [3.8, 4) is 5.75 Å². The summed E-state index contributed by atoms with van der Waals surface area (Å²) in [5, 5.41) is 19.6. The average molecular weight is 342 g/mol. The summed E-state index contributed by atoms with van der Waals surface area (Å²) in [5.41, 5.74) is 1.09. The fraction of sp³-hybridized carbons (Fsp3) is 0.389.